The minimum atomic E-state index is -0.818. The highest BCUT2D eigenvalue weighted by Crippen LogP contribution is 2.56. The maximum absolute atomic E-state index is 11.6. The number of nitrogens with one attached hydrogen (secondary N) is 2. The number of ether oxygens (including phenoxy) is 3. The zero-order chi connectivity index (χ0) is 29.0. The normalized spacial score (nSPS) is 25.3. The minimum absolute atomic E-state index is 0.0274. The molecule has 1 aliphatic carbocycles. The maximum atomic E-state index is 11.6. The van der Waals surface area contributed by atoms with E-state index in [4.69, 9.17) is 14.2 Å². The standard InChI is InChI=1S/C33H36N2O7/c1-40-28-14-19(2-7-26(28)38)31-27(39)15-25-29-18(8-10-35-11-9-34-17-35)12-20-13-21(37)3-5-23(20)30(29)33-24(32(25)42-31)6-4-22(16-36)41-33/h2-3,5,7,9,11,13-14,18,22,27,31,34,36-39H,4,6,8,10,12,15-17H2,1H3/p+1/t18-,22+,27+,31+/m0/s1. The summed E-state index contributed by atoms with van der Waals surface area (Å²) >= 11 is 0. The first kappa shape index (κ1) is 26.9. The van der Waals surface area contributed by atoms with Gasteiger partial charge in [0.1, 0.15) is 35.7 Å². The molecule has 3 aromatic carbocycles. The molecule has 0 bridgehead atoms. The molecule has 9 heteroatoms. The smallest absolute Gasteiger partial charge is 0.160 e. The quantitative estimate of drug-likeness (QED) is 0.266. The molecule has 4 aliphatic rings. The molecule has 7 rings (SSSR count). The van der Waals surface area contributed by atoms with Crippen molar-refractivity contribution in [3.63, 3.8) is 0 Å². The molecular formula is C33H37N2O7+. The number of aromatic hydroxyl groups is 2. The maximum Gasteiger partial charge on any atom is 0.160 e. The molecule has 0 radical (unpaired) electrons. The van der Waals surface area contributed by atoms with E-state index in [-0.39, 0.29) is 30.1 Å². The Morgan fingerprint density at radius 1 is 1.05 bits per heavy atom. The monoisotopic (exact) mass is 573 g/mol. The number of rotatable bonds is 6. The summed E-state index contributed by atoms with van der Waals surface area (Å²) in [7, 11) is 1.50. The average Bonchev–Trinajstić information content (AvgIpc) is 3.53. The summed E-state index contributed by atoms with van der Waals surface area (Å²) in [6.07, 6.45) is 5.72. The zero-order valence-corrected chi connectivity index (χ0v) is 23.6. The van der Waals surface area contributed by atoms with Gasteiger partial charge in [-0.15, -0.1) is 0 Å². The molecule has 3 aliphatic heterocycles. The van der Waals surface area contributed by atoms with Gasteiger partial charge in [0.15, 0.2) is 18.2 Å². The lowest BCUT2D eigenvalue weighted by Crippen LogP contribution is -3.07. The number of aliphatic hydroxyl groups is 2. The van der Waals surface area contributed by atoms with Crippen molar-refractivity contribution >= 4 is 0 Å². The fraction of sp³-hybridized carbons (Fsp3) is 0.394. The molecule has 42 heavy (non-hydrogen) atoms. The average molecular weight is 574 g/mol. The van der Waals surface area contributed by atoms with Crippen molar-refractivity contribution in [3.8, 4) is 39.9 Å². The second kappa shape index (κ2) is 10.7. The third kappa shape index (κ3) is 4.52. The van der Waals surface area contributed by atoms with Crippen LogP contribution in [0.2, 0.25) is 0 Å². The lowest BCUT2D eigenvalue weighted by atomic mass is 9.71. The van der Waals surface area contributed by atoms with E-state index in [1.54, 1.807) is 24.3 Å². The van der Waals surface area contributed by atoms with Crippen LogP contribution in [0.3, 0.4) is 0 Å². The van der Waals surface area contributed by atoms with Crippen molar-refractivity contribution < 1.29 is 39.5 Å². The van der Waals surface area contributed by atoms with Crippen LogP contribution in [0.4, 0.5) is 0 Å². The Labute approximate surface area is 244 Å². The summed E-state index contributed by atoms with van der Waals surface area (Å²) in [5.41, 5.74) is 6.91. The van der Waals surface area contributed by atoms with Gasteiger partial charge in [0.2, 0.25) is 0 Å². The molecule has 1 unspecified atom stereocenters. The van der Waals surface area contributed by atoms with Gasteiger partial charge in [-0.05, 0) is 71.7 Å². The van der Waals surface area contributed by atoms with Gasteiger partial charge in [-0.25, -0.2) is 0 Å². The third-order valence-corrected chi connectivity index (χ3v) is 9.20. The van der Waals surface area contributed by atoms with Gasteiger partial charge in [-0.1, -0.05) is 12.1 Å². The fourth-order valence-electron chi connectivity index (χ4n) is 7.16. The second-order valence-corrected chi connectivity index (χ2v) is 11.8. The molecule has 0 amide bonds. The Morgan fingerprint density at radius 3 is 2.71 bits per heavy atom. The molecule has 6 N–H and O–H groups in total. The summed E-state index contributed by atoms with van der Waals surface area (Å²) in [5, 5.41) is 45.5. The van der Waals surface area contributed by atoms with E-state index in [9.17, 15) is 20.4 Å². The first-order chi connectivity index (χ1) is 20.4. The summed E-state index contributed by atoms with van der Waals surface area (Å²) < 4.78 is 18.6. The number of aliphatic hydroxyl groups excluding tert-OH is 2. The van der Waals surface area contributed by atoms with Crippen LogP contribution in [0.15, 0.2) is 48.8 Å². The van der Waals surface area contributed by atoms with Gasteiger partial charge >= 0.3 is 0 Å². The predicted molar refractivity (Wildman–Crippen MR) is 155 cm³/mol. The van der Waals surface area contributed by atoms with Crippen LogP contribution >= 0.6 is 0 Å². The number of benzene rings is 3. The first-order valence-corrected chi connectivity index (χ1v) is 14.7. The van der Waals surface area contributed by atoms with Crippen molar-refractivity contribution in [1.82, 2.24) is 5.32 Å². The van der Waals surface area contributed by atoms with E-state index < -0.39 is 12.2 Å². The van der Waals surface area contributed by atoms with Gasteiger partial charge in [0.05, 0.1) is 32.6 Å². The van der Waals surface area contributed by atoms with E-state index in [1.165, 1.54) is 12.0 Å². The summed E-state index contributed by atoms with van der Waals surface area (Å²) in [6, 6.07) is 10.6. The number of hydrogen-bond acceptors (Lipinski definition) is 8. The molecule has 0 spiro atoms. The van der Waals surface area contributed by atoms with Crippen molar-refractivity contribution in [1.29, 1.82) is 0 Å². The van der Waals surface area contributed by atoms with Crippen molar-refractivity contribution in [2.75, 3.05) is 26.9 Å². The predicted octanol–water partition coefficient (Wildman–Crippen LogP) is 2.44. The van der Waals surface area contributed by atoms with E-state index >= 15 is 0 Å². The van der Waals surface area contributed by atoms with Crippen molar-refractivity contribution in [2.45, 2.75) is 56.3 Å². The van der Waals surface area contributed by atoms with Gasteiger partial charge in [0.25, 0.3) is 0 Å². The molecule has 5 atom stereocenters. The highest BCUT2D eigenvalue weighted by Gasteiger charge is 2.42. The lowest BCUT2D eigenvalue weighted by Gasteiger charge is -2.41. The summed E-state index contributed by atoms with van der Waals surface area (Å²) in [4.78, 5) is 1.35. The number of phenolic OH excluding ortho intramolecular Hbond substituents is 2. The Balaban J connectivity index is 1.40. The molecule has 0 fully saturated rings. The molecular weight excluding hydrogens is 536 g/mol. The number of fused-ring (bicyclic) bond motifs is 8. The number of quaternary nitrogens is 1. The topological polar surface area (TPSA) is 125 Å². The molecule has 220 valence electrons. The summed E-state index contributed by atoms with van der Waals surface area (Å²) in [6.45, 7) is 1.69. The Morgan fingerprint density at radius 2 is 1.93 bits per heavy atom. The van der Waals surface area contributed by atoms with Crippen LogP contribution in [0.5, 0.6) is 28.7 Å². The Kier molecular flexibility index (Phi) is 6.88. The molecule has 0 saturated carbocycles. The molecule has 0 aromatic heterocycles. The highest BCUT2D eigenvalue weighted by atomic mass is 16.5. The fourth-order valence-corrected chi connectivity index (χ4v) is 7.16. The van der Waals surface area contributed by atoms with Gasteiger partial charge in [0, 0.05) is 29.5 Å². The third-order valence-electron chi connectivity index (χ3n) is 9.20. The molecule has 3 heterocycles. The Bertz CT molecular complexity index is 1550. The van der Waals surface area contributed by atoms with Crippen molar-refractivity contribution in [2.24, 2.45) is 0 Å². The van der Waals surface area contributed by atoms with Crippen LogP contribution in [0, 0.1) is 0 Å². The van der Waals surface area contributed by atoms with Crippen molar-refractivity contribution in [3.05, 3.63) is 76.6 Å². The first-order valence-electron chi connectivity index (χ1n) is 14.7. The van der Waals surface area contributed by atoms with E-state index in [0.29, 0.717) is 30.6 Å². The zero-order valence-electron chi connectivity index (χ0n) is 23.6. The van der Waals surface area contributed by atoms with Crippen LogP contribution in [-0.2, 0) is 19.3 Å². The Hall–Kier alpha value is -3.92. The van der Waals surface area contributed by atoms with E-state index in [1.807, 2.05) is 18.3 Å². The lowest BCUT2D eigenvalue weighted by molar-refractivity contribution is -0.843. The highest BCUT2D eigenvalue weighted by molar-refractivity contribution is 5.85. The molecule has 0 saturated heterocycles. The number of phenols is 2. The van der Waals surface area contributed by atoms with Gasteiger partial charge < -0.3 is 40.0 Å². The SMILES string of the molecule is COc1cc([C@H]2Oc3c4c(c5c(c3C[C@H]2O)[C@@H](CC[NH+]2C=CNC2)Cc2cc(O)ccc2-5)O[C@@H](CO)CC4)ccc1O. The number of hydrogen-bond donors (Lipinski definition) is 6. The van der Waals surface area contributed by atoms with Crippen LogP contribution in [0.25, 0.3) is 11.1 Å². The molecule has 3 aromatic rings. The minimum Gasteiger partial charge on any atom is -0.508 e. The number of methoxy groups -OCH3 is 1. The molecule has 9 nitrogen and oxygen atoms in total. The van der Waals surface area contributed by atoms with Crippen LogP contribution < -0.4 is 24.4 Å². The van der Waals surface area contributed by atoms with E-state index in [2.05, 4.69) is 11.5 Å². The second-order valence-electron chi connectivity index (χ2n) is 11.8. The van der Waals surface area contributed by atoms with Gasteiger partial charge in [-0.2, -0.15) is 0 Å². The van der Waals surface area contributed by atoms with Crippen LogP contribution in [0.1, 0.15) is 52.7 Å². The van der Waals surface area contributed by atoms with Gasteiger partial charge in [-0.3, -0.25) is 4.90 Å². The summed E-state index contributed by atoms with van der Waals surface area (Å²) in [5.74, 6) is 2.20. The largest absolute Gasteiger partial charge is 0.508 e. The van der Waals surface area contributed by atoms with E-state index in [0.717, 1.165) is 70.9 Å². The van der Waals surface area contributed by atoms with Crippen LogP contribution in [-0.4, -0.2) is 59.6 Å².